The van der Waals surface area contributed by atoms with Crippen LogP contribution in [0.15, 0.2) is 11.0 Å². The zero-order chi connectivity index (χ0) is 17.6. The van der Waals surface area contributed by atoms with Crippen molar-refractivity contribution in [1.82, 2.24) is 9.55 Å². The molecule has 1 fully saturated rings. The van der Waals surface area contributed by atoms with Gasteiger partial charge in [0.1, 0.15) is 6.10 Å². The molecule has 1 aliphatic rings. The Hall–Kier alpha value is -1.79. The van der Waals surface area contributed by atoms with E-state index in [1.165, 1.54) is 0 Å². The van der Waals surface area contributed by atoms with E-state index in [0.29, 0.717) is 6.20 Å². The Kier molecular flexibility index (Phi) is 4.34. The molecule has 2 heterocycles. The van der Waals surface area contributed by atoms with Crippen LogP contribution in [0.3, 0.4) is 0 Å². The van der Waals surface area contributed by atoms with Gasteiger partial charge in [-0.15, -0.1) is 0 Å². The summed E-state index contributed by atoms with van der Waals surface area (Å²) >= 11 is 0. The van der Waals surface area contributed by atoms with Crippen LogP contribution < -0.4 is 11.4 Å². The SMILES string of the molecule is Nc1nc(=O)n([C@@H]2O[C@@](CCO)(C(F)(F)F)[C@@H](O)[C@@H]2F)cc1F. The third-order valence-corrected chi connectivity index (χ3v) is 3.55. The minimum absolute atomic E-state index is 0.129. The molecule has 0 saturated carbocycles. The fraction of sp³-hybridized carbons (Fsp3) is 0.636. The molecule has 1 saturated heterocycles. The highest BCUT2D eigenvalue weighted by Gasteiger charge is 2.69. The highest BCUT2D eigenvalue weighted by molar-refractivity contribution is 5.26. The number of hydrogen-bond acceptors (Lipinski definition) is 6. The quantitative estimate of drug-likeness (QED) is 0.659. The zero-order valence-electron chi connectivity index (χ0n) is 11.3. The minimum atomic E-state index is -5.25. The van der Waals surface area contributed by atoms with E-state index < -0.39 is 60.6 Å². The Bertz CT molecular complexity index is 652. The van der Waals surface area contributed by atoms with Gasteiger partial charge in [-0.05, 0) is 0 Å². The van der Waals surface area contributed by atoms with Crippen molar-refractivity contribution in [2.24, 2.45) is 0 Å². The third kappa shape index (κ3) is 2.66. The standard InChI is InChI=1S/C11H12F5N3O4/c12-4-3-19(9(22)18-7(4)17)8-5(13)6(21)10(23-8,1-2-20)11(14,15)16/h3,5-6,8,20-21H,1-2H2,(H2,17,18,22)/t5-,6-,8+,10+/m0/s1. The molecule has 1 aromatic heterocycles. The van der Waals surface area contributed by atoms with Crippen molar-refractivity contribution in [3.63, 3.8) is 0 Å². The molecule has 4 atom stereocenters. The maximum Gasteiger partial charge on any atom is 0.420 e. The second-order valence-corrected chi connectivity index (χ2v) is 4.92. The van der Waals surface area contributed by atoms with E-state index in [4.69, 9.17) is 10.8 Å². The predicted octanol–water partition coefficient (Wildman–Crippen LogP) is -0.124. The zero-order valence-corrected chi connectivity index (χ0v) is 11.3. The average molecular weight is 345 g/mol. The summed E-state index contributed by atoms with van der Waals surface area (Å²) < 4.78 is 71.8. The number of aliphatic hydroxyl groups is 2. The summed E-state index contributed by atoms with van der Waals surface area (Å²) in [5.74, 6) is -2.10. The number of hydrogen-bond donors (Lipinski definition) is 3. The van der Waals surface area contributed by atoms with E-state index in [9.17, 15) is 31.9 Å². The fourth-order valence-electron chi connectivity index (χ4n) is 2.36. The lowest BCUT2D eigenvalue weighted by Gasteiger charge is -2.33. The van der Waals surface area contributed by atoms with Crippen molar-refractivity contribution in [3.8, 4) is 0 Å². The van der Waals surface area contributed by atoms with Gasteiger partial charge < -0.3 is 20.7 Å². The largest absolute Gasteiger partial charge is 0.420 e. The second-order valence-electron chi connectivity index (χ2n) is 4.92. The van der Waals surface area contributed by atoms with Crippen molar-refractivity contribution in [2.45, 2.75) is 36.7 Å². The fourth-order valence-corrected chi connectivity index (χ4v) is 2.36. The highest BCUT2D eigenvalue weighted by Crippen LogP contribution is 2.49. The number of halogens is 5. The number of rotatable bonds is 3. The van der Waals surface area contributed by atoms with Gasteiger partial charge >= 0.3 is 11.9 Å². The number of aliphatic hydroxyl groups excluding tert-OH is 2. The smallest absolute Gasteiger partial charge is 0.396 e. The monoisotopic (exact) mass is 345 g/mol. The van der Waals surface area contributed by atoms with Crippen molar-refractivity contribution < 1.29 is 36.9 Å². The Balaban J connectivity index is 2.52. The lowest BCUT2D eigenvalue weighted by molar-refractivity contribution is -0.300. The van der Waals surface area contributed by atoms with E-state index in [-0.39, 0.29) is 4.57 Å². The van der Waals surface area contributed by atoms with Gasteiger partial charge in [-0.1, -0.05) is 0 Å². The summed E-state index contributed by atoms with van der Waals surface area (Å²) in [6.45, 7) is -1.07. The van der Waals surface area contributed by atoms with Crippen molar-refractivity contribution in [1.29, 1.82) is 0 Å². The van der Waals surface area contributed by atoms with Gasteiger partial charge in [-0.2, -0.15) is 18.2 Å². The van der Waals surface area contributed by atoms with E-state index in [1.54, 1.807) is 0 Å². The first kappa shape index (κ1) is 17.6. The van der Waals surface area contributed by atoms with Gasteiger partial charge in [-0.25, -0.2) is 13.6 Å². The first-order valence-corrected chi connectivity index (χ1v) is 6.27. The molecule has 4 N–H and O–H groups in total. The van der Waals surface area contributed by atoms with Crippen LogP contribution in [0.1, 0.15) is 12.6 Å². The third-order valence-electron chi connectivity index (χ3n) is 3.55. The molecule has 7 nitrogen and oxygen atoms in total. The molecule has 0 radical (unpaired) electrons. The van der Waals surface area contributed by atoms with Crippen LogP contribution in [0.4, 0.5) is 27.8 Å². The molecule has 0 unspecified atom stereocenters. The van der Waals surface area contributed by atoms with Crippen LogP contribution in [0.5, 0.6) is 0 Å². The van der Waals surface area contributed by atoms with E-state index >= 15 is 0 Å². The number of nitrogens with zero attached hydrogens (tertiary/aromatic N) is 2. The predicted molar refractivity (Wildman–Crippen MR) is 64.4 cm³/mol. The lowest BCUT2D eigenvalue weighted by atomic mass is 9.91. The minimum Gasteiger partial charge on any atom is -0.396 e. The van der Waals surface area contributed by atoms with E-state index in [0.717, 1.165) is 0 Å². The molecular formula is C11H12F5N3O4. The van der Waals surface area contributed by atoms with Gasteiger partial charge in [0.25, 0.3) is 0 Å². The van der Waals surface area contributed by atoms with Crippen LogP contribution >= 0.6 is 0 Å². The van der Waals surface area contributed by atoms with Crippen LogP contribution in [0, 0.1) is 5.82 Å². The molecule has 2 rings (SSSR count). The molecular weight excluding hydrogens is 333 g/mol. The summed E-state index contributed by atoms with van der Waals surface area (Å²) in [5, 5.41) is 18.4. The number of nitrogen functional groups attached to an aromatic ring is 1. The Morgan fingerprint density at radius 3 is 2.61 bits per heavy atom. The van der Waals surface area contributed by atoms with E-state index in [2.05, 4.69) is 9.72 Å². The molecule has 23 heavy (non-hydrogen) atoms. The van der Waals surface area contributed by atoms with Gasteiger partial charge in [0.15, 0.2) is 29.6 Å². The first-order valence-electron chi connectivity index (χ1n) is 6.27. The number of anilines is 1. The highest BCUT2D eigenvalue weighted by atomic mass is 19.4. The maximum atomic E-state index is 14.1. The normalized spacial score (nSPS) is 31.5. The molecule has 130 valence electrons. The molecule has 1 aliphatic heterocycles. The maximum absolute atomic E-state index is 14.1. The van der Waals surface area contributed by atoms with Gasteiger partial charge in [0.05, 0.1) is 6.20 Å². The first-order chi connectivity index (χ1) is 10.5. The number of ether oxygens (including phenoxy) is 1. The molecule has 0 aromatic carbocycles. The van der Waals surface area contributed by atoms with Crippen LogP contribution in [-0.4, -0.2) is 50.4 Å². The molecule has 0 amide bonds. The van der Waals surface area contributed by atoms with Crippen molar-refractivity contribution >= 4 is 5.82 Å². The molecule has 0 aliphatic carbocycles. The number of aromatic nitrogens is 2. The summed E-state index contributed by atoms with van der Waals surface area (Å²) in [6, 6.07) is 0. The Morgan fingerprint density at radius 1 is 1.48 bits per heavy atom. The van der Waals surface area contributed by atoms with Crippen LogP contribution in [0.25, 0.3) is 0 Å². The summed E-state index contributed by atoms with van der Waals surface area (Å²) in [6.07, 6.45) is -13.8. The Morgan fingerprint density at radius 2 is 2.09 bits per heavy atom. The van der Waals surface area contributed by atoms with Crippen LogP contribution in [0.2, 0.25) is 0 Å². The summed E-state index contributed by atoms with van der Waals surface area (Å²) in [7, 11) is 0. The Labute approximate surface area is 125 Å². The molecule has 0 spiro atoms. The van der Waals surface area contributed by atoms with Gasteiger partial charge in [0.2, 0.25) is 0 Å². The van der Waals surface area contributed by atoms with Gasteiger partial charge in [0, 0.05) is 13.0 Å². The summed E-state index contributed by atoms with van der Waals surface area (Å²) in [4.78, 5) is 14.6. The average Bonchev–Trinajstić information content (AvgIpc) is 2.69. The lowest BCUT2D eigenvalue weighted by Crippen LogP contribution is -2.54. The topological polar surface area (TPSA) is 111 Å². The van der Waals surface area contributed by atoms with E-state index in [1.807, 2.05) is 0 Å². The van der Waals surface area contributed by atoms with Crippen molar-refractivity contribution in [3.05, 3.63) is 22.5 Å². The van der Waals surface area contributed by atoms with Crippen molar-refractivity contribution in [2.75, 3.05) is 12.3 Å². The van der Waals surface area contributed by atoms with Crippen LogP contribution in [-0.2, 0) is 4.74 Å². The molecule has 12 heteroatoms. The molecule has 1 aromatic rings. The van der Waals surface area contributed by atoms with Gasteiger partial charge in [-0.3, -0.25) is 4.57 Å². The number of alkyl halides is 4. The second kappa shape index (κ2) is 5.69. The summed E-state index contributed by atoms with van der Waals surface area (Å²) in [5.41, 5.74) is 0.227. The number of nitrogens with two attached hydrogens (primary N) is 1. The molecule has 0 bridgehead atoms.